The fraction of sp³-hybridized carbons (Fsp3) is 0.657. The summed E-state index contributed by atoms with van der Waals surface area (Å²) in [7, 11) is 0. The van der Waals surface area contributed by atoms with Crippen molar-refractivity contribution in [1.82, 2.24) is 0 Å². The zero-order valence-corrected chi connectivity index (χ0v) is 24.0. The molecule has 1 heterocycles. The fourth-order valence-electron chi connectivity index (χ4n) is 6.39. The highest BCUT2D eigenvalue weighted by atomic mass is 16.7. The van der Waals surface area contributed by atoms with Gasteiger partial charge in [-0.15, -0.1) is 0 Å². The van der Waals surface area contributed by atoms with E-state index in [1.165, 1.54) is 107 Å². The van der Waals surface area contributed by atoms with Gasteiger partial charge in [0.15, 0.2) is 5.79 Å². The summed E-state index contributed by atoms with van der Waals surface area (Å²) in [6.45, 7) is 8.25. The summed E-state index contributed by atoms with van der Waals surface area (Å²) in [5.41, 5.74) is 5.20. The molecule has 0 spiro atoms. The van der Waals surface area contributed by atoms with Crippen LogP contribution >= 0.6 is 0 Å². The quantitative estimate of drug-likeness (QED) is 0.253. The first-order chi connectivity index (χ1) is 18.1. The van der Waals surface area contributed by atoms with E-state index in [-0.39, 0.29) is 0 Å². The Bertz CT molecular complexity index is 884. The Morgan fingerprint density at radius 3 is 1.76 bits per heavy atom. The van der Waals surface area contributed by atoms with E-state index in [1.54, 1.807) is 0 Å². The van der Waals surface area contributed by atoms with E-state index >= 15 is 0 Å². The first-order valence-electron chi connectivity index (χ1n) is 15.6. The topological polar surface area (TPSA) is 18.5 Å². The Morgan fingerprint density at radius 2 is 1.14 bits per heavy atom. The molecule has 2 nitrogen and oxygen atoms in total. The lowest BCUT2D eigenvalue weighted by molar-refractivity contribution is -0.282. The predicted molar refractivity (Wildman–Crippen MR) is 157 cm³/mol. The van der Waals surface area contributed by atoms with E-state index in [0.29, 0.717) is 5.92 Å². The molecule has 0 aromatic heterocycles. The molecule has 0 bridgehead atoms. The highest BCUT2D eigenvalue weighted by molar-refractivity contribution is 5.64. The second-order valence-corrected chi connectivity index (χ2v) is 12.0. The molecule has 1 saturated carbocycles. The molecule has 1 aliphatic heterocycles. The largest absolute Gasteiger partial charge is 0.346 e. The number of hydrogen-bond acceptors (Lipinski definition) is 2. The van der Waals surface area contributed by atoms with Crippen LogP contribution in [-0.2, 0) is 15.3 Å². The standard InChI is InChI=1S/C35H52O2/c1-4-6-8-9-11-13-29-26-36-35(3,37-27-29)34-24-22-33(23-25-34)32-20-18-31(19-21-32)30-16-14-28(15-17-30)12-10-7-5-2/h18-25,28-30H,4-17,26-27H2,1-3H3. The highest BCUT2D eigenvalue weighted by Gasteiger charge is 2.34. The molecule has 2 aromatic carbocycles. The van der Waals surface area contributed by atoms with Gasteiger partial charge in [0.05, 0.1) is 13.2 Å². The van der Waals surface area contributed by atoms with Crippen LogP contribution in [0.2, 0.25) is 0 Å². The lowest BCUT2D eigenvalue weighted by atomic mass is 9.77. The molecule has 0 amide bonds. The van der Waals surface area contributed by atoms with Crippen molar-refractivity contribution < 1.29 is 9.47 Å². The third-order valence-electron chi connectivity index (χ3n) is 9.09. The van der Waals surface area contributed by atoms with Crippen LogP contribution in [-0.4, -0.2) is 13.2 Å². The number of ether oxygens (including phenoxy) is 2. The lowest BCUT2D eigenvalue weighted by Crippen LogP contribution is -2.39. The van der Waals surface area contributed by atoms with Crippen molar-refractivity contribution in [3.8, 4) is 11.1 Å². The second kappa shape index (κ2) is 14.5. The monoisotopic (exact) mass is 504 g/mol. The average molecular weight is 505 g/mol. The van der Waals surface area contributed by atoms with E-state index in [9.17, 15) is 0 Å². The molecule has 2 heteroatoms. The van der Waals surface area contributed by atoms with Gasteiger partial charge in [-0.2, -0.15) is 0 Å². The van der Waals surface area contributed by atoms with Gasteiger partial charge in [-0.05, 0) is 67.6 Å². The number of rotatable bonds is 13. The SMILES string of the molecule is CCCCCCCC1COC(C)(c2ccc(-c3ccc(C4CCC(CCCCC)CC4)cc3)cc2)OC1. The van der Waals surface area contributed by atoms with Crippen LogP contribution in [0.3, 0.4) is 0 Å². The maximum atomic E-state index is 6.28. The van der Waals surface area contributed by atoms with Gasteiger partial charge in [-0.3, -0.25) is 0 Å². The molecule has 0 atom stereocenters. The number of unbranched alkanes of at least 4 members (excludes halogenated alkanes) is 6. The first-order valence-corrected chi connectivity index (χ1v) is 15.6. The summed E-state index contributed by atoms with van der Waals surface area (Å²) in [4.78, 5) is 0. The minimum atomic E-state index is -0.628. The van der Waals surface area contributed by atoms with Crippen LogP contribution in [0.25, 0.3) is 11.1 Å². The molecule has 1 aliphatic carbocycles. The second-order valence-electron chi connectivity index (χ2n) is 12.0. The van der Waals surface area contributed by atoms with Crippen LogP contribution in [0, 0.1) is 11.8 Å². The zero-order chi connectivity index (χ0) is 25.9. The van der Waals surface area contributed by atoms with E-state index in [4.69, 9.17) is 9.47 Å². The Balaban J connectivity index is 1.25. The zero-order valence-electron chi connectivity index (χ0n) is 24.0. The fourth-order valence-corrected chi connectivity index (χ4v) is 6.39. The van der Waals surface area contributed by atoms with Crippen LogP contribution in [0.1, 0.15) is 128 Å². The van der Waals surface area contributed by atoms with Gasteiger partial charge in [-0.1, -0.05) is 120 Å². The van der Waals surface area contributed by atoms with Gasteiger partial charge in [0, 0.05) is 11.5 Å². The molecular formula is C35H52O2. The van der Waals surface area contributed by atoms with Crippen molar-refractivity contribution in [1.29, 1.82) is 0 Å². The van der Waals surface area contributed by atoms with Gasteiger partial charge in [-0.25, -0.2) is 0 Å². The minimum absolute atomic E-state index is 0.531. The molecule has 204 valence electrons. The summed E-state index contributed by atoms with van der Waals surface area (Å²) >= 11 is 0. The number of hydrogen-bond donors (Lipinski definition) is 0. The van der Waals surface area contributed by atoms with Gasteiger partial charge in [0.1, 0.15) is 0 Å². The minimum Gasteiger partial charge on any atom is -0.346 e. The highest BCUT2D eigenvalue weighted by Crippen LogP contribution is 2.39. The molecule has 0 unspecified atom stereocenters. The third-order valence-corrected chi connectivity index (χ3v) is 9.09. The van der Waals surface area contributed by atoms with Crippen molar-refractivity contribution >= 4 is 0 Å². The molecular weight excluding hydrogens is 452 g/mol. The molecule has 4 rings (SSSR count). The third kappa shape index (κ3) is 8.17. The Labute approximate surface area is 227 Å². The maximum Gasteiger partial charge on any atom is 0.191 e. The molecule has 2 fully saturated rings. The summed E-state index contributed by atoms with van der Waals surface area (Å²) in [6.07, 6.45) is 19.0. The molecule has 0 radical (unpaired) electrons. The Kier molecular flexibility index (Phi) is 11.1. The van der Waals surface area contributed by atoms with Gasteiger partial charge < -0.3 is 9.47 Å². The van der Waals surface area contributed by atoms with E-state index in [2.05, 4.69) is 69.3 Å². The summed E-state index contributed by atoms with van der Waals surface area (Å²) in [5, 5.41) is 0. The molecule has 1 saturated heterocycles. The Morgan fingerprint density at radius 1 is 0.622 bits per heavy atom. The van der Waals surface area contributed by atoms with Gasteiger partial charge in [0.25, 0.3) is 0 Å². The maximum absolute atomic E-state index is 6.28. The molecule has 2 aliphatic rings. The van der Waals surface area contributed by atoms with Crippen molar-refractivity contribution in [2.45, 2.75) is 122 Å². The van der Waals surface area contributed by atoms with Crippen LogP contribution < -0.4 is 0 Å². The smallest absolute Gasteiger partial charge is 0.191 e. The van der Waals surface area contributed by atoms with Crippen LogP contribution in [0.5, 0.6) is 0 Å². The summed E-state index contributed by atoms with van der Waals surface area (Å²) < 4.78 is 12.6. The predicted octanol–water partition coefficient (Wildman–Crippen LogP) is 10.4. The first kappa shape index (κ1) is 28.4. The van der Waals surface area contributed by atoms with Crippen LogP contribution in [0.4, 0.5) is 0 Å². The summed E-state index contributed by atoms with van der Waals surface area (Å²) in [6, 6.07) is 18.2. The van der Waals surface area contributed by atoms with Gasteiger partial charge in [0.2, 0.25) is 0 Å². The van der Waals surface area contributed by atoms with Crippen molar-refractivity contribution in [3.05, 3.63) is 59.7 Å². The van der Waals surface area contributed by atoms with Crippen LogP contribution in [0.15, 0.2) is 48.5 Å². The normalized spacial score (nSPS) is 26.3. The number of benzene rings is 2. The van der Waals surface area contributed by atoms with Crippen molar-refractivity contribution in [3.63, 3.8) is 0 Å². The lowest BCUT2D eigenvalue weighted by Gasteiger charge is -2.38. The molecule has 0 N–H and O–H groups in total. The van der Waals surface area contributed by atoms with E-state index in [0.717, 1.165) is 30.6 Å². The van der Waals surface area contributed by atoms with Gasteiger partial charge >= 0.3 is 0 Å². The summed E-state index contributed by atoms with van der Waals surface area (Å²) in [5.74, 6) is 1.63. The Hall–Kier alpha value is -1.64. The van der Waals surface area contributed by atoms with Crippen molar-refractivity contribution in [2.75, 3.05) is 13.2 Å². The van der Waals surface area contributed by atoms with E-state index in [1.807, 2.05) is 0 Å². The van der Waals surface area contributed by atoms with Crippen molar-refractivity contribution in [2.24, 2.45) is 11.8 Å². The average Bonchev–Trinajstić information content (AvgIpc) is 2.95. The van der Waals surface area contributed by atoms with E-state index < -0.39 is 5.79 Å². The molecule has 2 aromatic rings. The molecule has 37 heavy (non-hydrogen) atoms.